The predicted octanol–water partition coefficient (Wildman–Crippen LogP) is 2.14. The van der Waals surface area contributed by atoms with Gasteiger partial charge in [-0.15, -0.1) is 6.58 Å². The lowest BCUT2D eigenvalue weighted by Crippen LogP contribution is -2.02. The van der Waals surface area contributed by atoms with Gasteiger partial charge in [0.2, 0.25) is 0 Å². The molecule has 1 unspecified atom stereocenters. The first-order valence-electron chi connectivity index (χ1n) is 3.22. The van der Waals surface area contributed by atoms with Crippen LogP contribution in [-0.4, -0.2) is 0 Å². The van der Waals surface area contributed by atoms with Crippen molar-refractivity contribution in [1.82, 2.24) is 0 Å². The minimum absolute atomic E-state index is 0.810. The van der Waals surface area contributed by atoms with Crippen LogP contribution in [0.4, 0.5) is 0 Å². The molecule has 3 aliphatic carbocycles. The number of allylic oxidation sites excluding steroid dienone is 3. The molecule has 0 nitrogen and oxygen atoms in total. The molecule has 3 aliphatic rings. The van der Waals surface area contributed by atoms with E-state index in [1.807, 2.05) is 0 Å². The second kappa shape index (κ2) is 1.25. The number of hydrogen-bond acceptors (Lipinski definition) is 0. The highest BCUT2D eigenvalue weighted by molar-refractivity contribution is 5.28. The standard InChI is InChI=1S/C8H10/c1-2-7-3-6-4-8(7)5-6/h2,4,7-8H,1,3,5H2/t7-,8?/m0/s1. The third kappa shape index (κ3) is 0.360. The molecule has 0 aromatic rings. The van der Waals surface area contributed by atoms with E-state index >= 15 is 0 Å². The maximum atomic E-state index is 3.79. The van der Waals surface area contributed by atoms with Crippen LogP contribution in [0.1, 0.15) is 12.8 Å². The van der Waals surface area contributed by atoms with E-state index in [4.69, 9.17) is 0 Å². The van der Waals surface area contributed by atoms with Gasteiger partial charge in [-0.25, -0.2) is 0 Å². The fourth-order valence-corrected chi connectivity index (χ4v) is 1.71. The van der Waals surface area contributed by atoms with Gasteiger partial charge in [-0.3, -0.25) is 0 Å². The van der Waals surface area contributed by atoms with Crippen LogP contribution in [0.15, 0.2) is 24.3 Å². The summed E-state index contributed by atoms with van der Waals surface area (Å²) in [4.78, 5) is 0. The average Bonchev–Trinajstić information content (AvgIpc) is 2.15. The molecule has 1 fully saturated rings. The first-order chi connectivity index (χ1) is 3.90. The van der Waals surface area contributed by atoms with E-state index in [1.165, 1.54) is 12.8 Å². The highest BCUT2D eigenvalue weighted by Gasteiger charge is 2.34. The number of hydrogen-bond donors (Lipinski definition) is 0. The molecule has 0 radical (unpaired) electrons. The van der Waals surface area contributed by atoms with Gasteiger partial charge in [-0.1, -0.05) is 17.7 Å². The van der Waals surface area contributed by atoms with Gasteiger partial charge >= 0.3 is 0 Å². The van der Waals surface area contributed by atoms with Gasteiger partial charge in [-0.2, -0.15) is 0 Å². The van der Waals surface area contributed by atoms with Crippen molar-refractivity contribution in [3.05, 3.63) is 24.3 Å². The summed E-state index contributed by atoms with van der Waals surface area (Å²) in [6, 6.07) is 0. The molecule has 42 valence electrons. The van der Waals surface area contributed by atoms with Crippen molar-refractivity contribution in [2.45, 2.75) is 12.8 Å². The molecule has 0 heterocycles. The minimum Gasteiger partial charge on any atom is -0.103 e. The monoisotopic (exact) mass is 106 g/mol. The number of rotatable bonds is 1. The molecule has 0 spiro atoms. The summed E-state index contributed by atoms with van der Waals surface area (Å²) in [5, 5.41) is 0. The Kier molecular flexibility index (Phi) is 0.682. The van der Waals surface area contributed by atoms with Gasteiger partial charge < -0.3 is 0 Å². The van der Waals surface area contributed by atoms with Crippen molar-refractivity contribution < 1.29 is 0 Å². The van der Waals surface area contributed by atoms with E-state index in [9.17, 15) is 0 Å². The molecule has 0 heteroatoms. The fraction of sp³-hybridized carbons (Fsp3) is 0.500. The van der Waals surface area contributed by atoms with Crippen molar-refractivity contribution in [1.29, 1.82) is 0 Å². The summed E-state index contributed by atoms with van der Waals surface area (Å²) in [5.41, 5.74) is 1.67. The van der Waals surface area contributed by atoms with Gasteiger partial charge in [0.25, 0.3) is 0 Å². The second-order valence-electron chi connectivity index (χ2n) is 2.80. The summed E-state index contributed by atoms with van der Waals surface area (Å²) >= 11 is 0. The van der Waals surface area contributed by atoms with Crippen LogP contribution in [0.25, 0.3) is 0 Å². The van der Waals surface area contributed by atoms with Crippen molar-refractivity contribution in [2.75, 3.05) is 0 Å². The molecule has 0 saturated heterocycles. The van der Waals surface area contributed by atoms with Crippen LogP contribution in [0.3, 0.4) is 0 Å². The van der Waals surface area contributed by atoms with Gasteiger partial charge in [0.05, 0.1) is 0 Å². The molecule has 0 aliphatic heterocycles. The molecule has 2 atom stereocenters. The Hall–Kier alpha value is -0.520. The zero-order valence-electron chi connectivity index (χ0n) is 4.93. The molecular weight excluding hydrogens is 96.1 g/mol. The third-order valence-electron chi connectivity index (χ3n) is 2.30. The summed E-state index contributed by atoms with van der Waals surface area (Å²) in [7, 11) is 0. The number of fused-ring (bicyclic) bond motifs is 1. The molecule has 3 rings (SSSR count). The van der Waals surface area contributed by atoms with Crippen LogP contribution >= 0.6 is 0 Å². The quantitative estimate of drug-likeness (QED) is 0.449. The fourth-order valence-electron chi connectivity index (χ4n) is 1.71. The van der Waals surface area contributed by atoms with Crippen LogP contribution in [0, 0.1) is 11.8 Å². The Morgan fingerprint density at radius 1 is 1.62 bits per heavy atom. The van der Waals surface area contributed by atoms with E-state index in [-0.39, 0.29) is 0 Å². The van der Waals surface area contributed by atoms with Gasteiger partial charge in [0.1, 0.15) is 0 Å². The summed E-state index contributed by atoms with van der Waals surface area (Å²) in [6.45, 7) is 3.79. The largest absolute Gasteiger partial charge is 0.103 e. The first-order valence-corrected chi connectivity index (χ1v) is 3.22. The third-order valence-corrected chi connectivity index (χ3v) is 2.30. The zero-order valence-corrected chi connectivity index (χ0v) is 4.93. The lowest BCUT2D eigenvalue weighted by atomic mass is 9.92. The van der Waals surface area contributed by atoms with E-state index < -0.39 is 0 Å². The van der Waals surface area contributed by atoms with E-state index in [1.54, 1.807) is 5.57 Å². The van der Waals surface area contributed by atoms with E-state index in [0.29, 0.717) is 0 Å². The van der Waals surface area contributed by atoms with Crippen molar-refractivity contribution >= 4 is 0 Å². The van der Waals surface area contributed by atoms with Crippen LogP contribution in [0.5, 0.6) is 0 Å². The first kappa shape index (κ1) is 4.37. The summed E-state index contributed by atoms with van der Waals surface area (Å²) < 4.78 is 0. The highest BCUT2D eigenvalue weighted by Crippen LogP contribution is 2.46. The molecule has 0 N–H and O–H groups in total. The van der Waals surface area contributed by atoms with Crippen LogP contribution in [0.2, 0.25) is 0 Å². The van der Waals surface area contributed by atoms with Gasteiger partial charge in [0, 0.05) is 0 Å². The predicted molar refractivity (Wildman–Crippen MR) is 34.5 cm³/mol. The summed E-state index contributed by atoms with van der Waals surface area (Å²) in [5.74, 6) is 1.70. The Labute approximate surface area is 49.9 Å². The van der Waals surface area contributed by atoms with Crippen molar-refractivity contribution in [3.63, 3.8) is 0 Å². The molecule has 8 heavy (non-hydrogen) atoms. The maximum Gasteiger partial charge on any atom is -0.0128 e. The maximum absolute atomic E-state index is 3.79. The lowest BCUT2D eigenvalue weighted by Gasteiger charge is -2.13. The molecule has 0 aromatic carbocycles. The lowest BCUT2D eigenvalue weighted by molar-refractivity contribution is 0.554. The SMILES string of the molecule is C=C[C@H]1CC2=CC1C2. The summed E-state index contributed by atoms with van der Waals surface area (Å²) in [6.07, 6.45) is 7.18. The van der Waals surface area contributed by atoms with E-state index in [0.717, 1.165) is 11.8 Å². The normalized spacial score (nSPS) is 40.8. The second-order valence-corrected chi connectivity index (χ2v) is 2.80. The van der Waals surface area contributed by atoms with Gasteiger partial charge in [0.15, 0.2) is 0 Å². The van der Waals surface area contributed by atoms with Crippen molar-refractivity contribution in [2.24, 2.45) is 11.8 Å². The Morgan fingerprint density at radius 2 is 2.38 bits per heavy atom. The smallest absolute Gasteiger partial charge is 0.0128 e. The molecule has 0 aromatic heterocycles. The zero-order chi connectivity index (χ0) is 5.56. The highest BCUT2D eigenvalue weighted by atomic mass is 14.4. The Balaban J connectivity index is 2.18. The van der Waals surface area contributed by atoms with Crippen LogP contribution < -0.4 is 0 Å². The Morgan fingerprint density at radius 3 is 2.62 bits per heavy atom. The minimum atomic E-state index is 0.810. The molecule has 0 amide bonds. The molecule has 1 saturated carbocycles. The van der Waals surface area contributed by atoms with Crippen LogP contribution in [-0.2, 0) is 0 Å². The Bertz CT molecular complexity index is 153. The molecule has 2 bridgehead atoms. The average molecular weight is 106 g/mol. The van der Waals surface area contributed by atoms with Crippen molar-refractivity contribution in [3.8, 4) is 0 Å². The van der Waals surface area contributed by atoms with Gasteiger partial charge in [-0.05, 0) is 24.7 Å². The topological polar surface area (TPSA) is 0 Å². The molecular formula is C8H10. The van der Waals surface area contributed by atoms with E-state index in [2.05, 4.69) is 18.7 Å².